The molecule has 0 aliphatic heterocycles. The molecular weight excluding hydrogens is 178 g/mol. The van der Waals surface area contributed by atoms with Crippen LogP contribution in [-0.4, -0.2) is 0 Å². The molecule has 0 aliphatic carbocycles. The molecule has 6 heteroatoms. The van der Waals surface area contributed by atoms with Crippen LogP contribution in [0.25, 0.3) is 0 Å². The second-order valence-corrected chi connectivity index (χ2v) is 1.56. The van der Waals surface area contributed by atoms with Gasteiger partial charge in [0.2, 0.25) is 0 Å². The summed E-state index contributed by atoms with van der Waals surface area (Å²) in [4.78, 5) is 0. The van der Waals surface area contributed by atoms with Crippen molar-refractivity contribution in [1.82, 2.24) is 0 Å². The molecule has 0 rings (SSSR count). The van der Waals surface area contributed by atoms with Crippen molar-refractivity contribution in [1.29, 1.82) is 0 Å². The molecule has 0 unspecified atom stereocenters. The van der Waals surface area contributed by atoms with Gasteiger partial charge in [0.05, 0.1) is 0 Å². The van der Waals surface area contributed by atoms with Crippen molar-refractivity contribution in [3.05, 3.63) is 0 Å². The van der Waals surface area contributed by atoms with Crippen LogP contribution in [0.3, 0.4) is 0 Å². The van der Waals surface area contributed by atoms with Crippen molar-refractivity contribution < 1.29 is 46.2 Å². The molecule has 4 nitrogen and oxygen atoms in total. The van der Waals surface area contributed by atoms with Crippen LogP contribution >= 0.6 is 0 Å². The van der Waals surface area contributed by atoms with Crippen molar-refractivity contribution in [2.24, 2.45) is 0 Å². The fourth-order valence-electron chi connectivity index (χ4n) is 0. The van der Waals surface area contributed by atoms with Crippen LogP contribution in [0.15, 0.2) is 0 Å². The molecule has 0 aromatic rings. The summed E-state index contributed by atoms with van der Waals surface area (Å²) in [5.41, 5.74) is 0. The van der Waals surface area contributed by atoms with Crippen LogP contribution in [0.2, 0.25) is 0 Å². The number of hydrogen-bond acceptors (Lipinski definition) is 4. The van der Waals surface area contributed by atoms with Gasteiger partial charge >= 0.3 is 46.2 Å². The Bertz CT molecular complexity index is 90.7. The molecule has 0 saturated carbocycles. The fraction of sp³-hybridized carbons (Fsp3) is 0. The van der Waals surface area contributed by atoms with Gasteiger partial charge in [-0.3, -0.25) is 0 Å². The molecule has 0 bridgehead atoms. The summed E-state index contributed by atoms with van der Waals surface area (Å²) in [6.07, 6.45) is 0. The Morgan fingerprint density at radius 3 is 1.17 bits per heavy atom. The minimum atomic E-state index is -5.62. The van der Waals surface area contributed by atoms with E-state index in [-0.39, 0.29) is 16.8 Å². The van der Waals surface area contributed by atoms with Gasteiger partial charge in [-0.15, -0.1) is 0 Å². The Labute approximate surface area is 46.6 Å². The van der Waals surface area contributed by atoms with Crippen LogP contribution < -0.4 is 8.38 Å². The van der Waals surface area contributed by atoms with Crippen molar-refractivity contribution in [2.45, 2.75) is 0 Å². The van der Waals surface area contributed by atoms with E-state index in [1.54, 1.807) is 0 Å². The van der Waals surface area contributed by atoms with Gasteiger partial charge < -0.3 is 0 Å². The van der Waals surface area contributed by atoms with Gasteiger partial charge in [0.15, 0.2) is 0 Å². The number of hydrogen-bond donors (Lipinski definition) is 0. The summed E-state index contributed by atoms with van der Waals surface area (Å²) in [7, 11) is 0. The van der Waals surface area contributed by atoms with Crippen molar-refractivity contribution in [2.75, 3.05) is 0 Å². The Hall–Kier alpha value is 0.546. The molecule has 0 N–H and O–H groups in total. The molecule has 0 aromatic heterocycles. The molecule has 0 heterocycles. The predicted molar refractivity (Wildman–Crippen MR) is 1.37 cm³/mol. The standard InChI is InChI=1S/Co.Mn.4O/q+2;;;;2*-1. The first kappa shape index (κ1) is 9.74. The maximum atomic E-state index is 8.58. The molecule has 0 amide bonds. The average molecular weight is 178 g/mol. The molecule has 0 atom stereocenters. The third-order valence-electron chi connectivity index (χ3n) is 0. The zero-order valence-corrected chi connectivity index (χ0v) is 4.57. The normalized spacial score (nSPS) is 9.67. The SMILES string of the molecule is [Co+2].[O]=[Mn](=[O])([O-])[O-]. The zero-order chi connectivity index (χ0) is 4.50. The maximum absolute atomic E-state index is 8.58. The monoisotopic (exact) mass is 178 g/mol. The van der Waals surface area contributed by atoms with E-state index in [1.807, 2.05) is 0 Å². The van der Waals surface area contributed by atoms with E-state index in [0.717, 1.165) is 0 Å². The second kappa shape index (κ2) is 2.67. The predicted octanol–water partition coefficient (Wildman–Crippen LogP) is -2.62. The number of rotatable bonds is 0. The first-order chi connectivity index (χ1) is 2.00. The summed E-state index contributed by atoms with van der Waals surface area (Å²) in [5, 5.41) is 0. The molecule has 0 saturated heterocycles. The van der Waals surface area contributed by atoms with Gasteiger partial charge in [0, 0.05) is 0 Å². The molecule has 1 radical (unpaired) electrons. The van der Waals surface area contributed by atoms with Crippen molar-refractivity contribution in [3.8, 4) is 0 Å². The van der Waals surface area contributed by atoms with Gasteiger partial charge in [-0.2, -0.15) is 0 Å². The van der Waals surface area contributed by atoms with Crippen LogP contribution in [0.5, 0.6) is 0 Å². The van der Waals surface area contributed by atoms with E-state index in [4.69, 9.17) is 16.0 Å². The van der Waals surface area contributed by atoms with E-state index in [2.05, 4.69) is 0 Å². The van der Waals surface area contributed by atoms with E-state index >= 15 is 0 Å². The molecular formula is CoMnO4. The molecule has 0 fully saturated rings. The third kappa shape index (κ3) is 192. The van der Waals surface area contributed by atoms with Gasteiger partial charge in [-0.1, -0.05) is 0 Å². The first-order valence-electron chi connectivity index (χ1n) is 0.617. The van der Waals surface area contributed by atoms with Crippen molar-refractivity contribution in [3.63, 3.8) is 0 Å². The molecule has 0 aliphatic rings. The second-order valence-electron chi connectivity index (χ2n) is 0.378. The zero-order valence-electron chi connectivity index (χ0n) is 2.34. The quantitative estimate of drug-likeness (QED) is 0.380. The molecule has 0 spiro atoms. The van der Waals surface area contributed by atoms with Crippen molar-refractivity contribution >= 4 is 0 Å². The Balaban J connectivity index is 0. The third-order valence-corrected chi connectivity index (χ3v) is 0. The van der Waals surface area contributed by atoms with Crippen LogP contribution in [0.1, 0.15) is 0 Å². The van der Waals surface area contributed by atoms with Crippen LogP contribution in [0, 0.1) is 0 Å². The molecule has 6 heavy (non-hydrogen) atoms. The minimum absolute atomic E-state index is 0. The summed E-state index contributed by atoms with van der Waals surface area (Å²) >= 11 is -5.62. The van der Waals surface area contributed by atoms with Crippen LogP contribution in [0.4, 0.5) is 0 Å². The van der Waals surface area contributed by atoms with E-state index < -0.39 is 13.4 Å². The van der Waals surface area contributed by atoms with Gasteiger partial charge in [-0.05, 0) is 0 Å². The van der Waals surface area contributed by atoms with E-state index in [1.165, 1.54) is 0 Å². The summed E-state index contributed by atoms with van der Waals surface area (Å²) in [6.45, 7) is 0. The Morgan fingerprint density at radius 1 is 1.17 bits per heavy atom. The fourth-order valence-corrected chi connectivity index (χ4v) is 0. The molecule has 40 valence electrons. The molecule has 0 aromatic carbocycles. The van der Waals surface area contributed by atoms with Gasteiger partial charge in [-0.25, -0.2) is 0 Å². The first-order valence-corrected chi connectivity index (χ1v) is 2.54. The summed E-state index contributed by atoms with van der Waals surface area (Å²) in [5.74, 6) is 0. The Morgan fingerprint density at radius 2 is 1.17 bits per heavy atom. The van der Waals surface area contributed by atoms with E-state index in [0.29, 0.717) is 0 Å². The van der Waals surface area contributed by atoms with E-state index in [9.17, 15) is 0 Å². The topological polar surface area (TPSA) is 80.3 Å². The summed E-state index contributed by atoms with van der Waals surface area (Å²) in [6, 6.07) is 0. The van der Waals surface area contributed by atoms with Crippen LogP contribution in [-0.2, 0) is 37.8 Å². The van der Waals surface area contributed by atoms with Gasteiger partial charge in [0.1, 0.15) is 0 Å². The van der Waals surface area contributed by atoms with Gasteiger partial charge in [0.25, 0.3) is 0 Å². The average Bonchev–Trinajstić information content (AvgIpc) is 0.722. The Kier molecular flexibility index (Phi) is 4.34. The summed E-state index contributed by atoms with van der Waals surface area (Å²) < 4.78 is 34.3.